The van der Waals surface area contributed by atoms with Gasteiger partial charge in [0.15, 0.2) is 0 Å². The molecule has 6 heteroatoms. The van der Waals surface area contributed by atoms with Crippen LogP contribution in [0.2, 0.25) is 0 Å². The predicted octanol–water partition coefficient (Wildman–Crippen LogP) is 2.97. The summed E-state index contributed by atoms with van der Waals surface area (Å²) in [6.45, 7) is 2.96. The maximum atomic E-state index is 12.7. The summed E-state index contributed by atoms with van der Waals surface area (Å²) in [5.41, 5.74) is 2.03. The predicted molar refractivity (Wildman–Crippen MR) is 108 cm³/mol. The Kier molecular flexibility index (Phi) is 6.22. The minimum atomic E-state index is -0.278. The summed E-state index contributed by atoms with van der Waals surface area (Å²) < 4.78 is 6.66. The van der Waals surface area contributed by atoms with Crippen molar-refractivity contribution < 1.29 is 9.53 Å². The Morgan fingerprint density at radius 3 is 2.50 bits per heavy atom. The molecule has 2 aromatic carbocycles. The molecule has 6 nitrogen and oxygen atoms in total. The molecule has 1 heterocycles. The molecule has 0 aliphatic heterocycles. The van der Waals surface area contributed by atoms with E-state index in [-0.39, 0.29) is 18.0 Å². The number of methoxy groups -OCH3 is 1. The molecule has 0 aliphatic rings. The number of carbonyl (C=O) groups excluding carboxylic acids is 1. The lowest BCUT2D eigenvalue weighted by Gasteiger charge is -2.21. The molecule has 0 spiro atoms. The lowest BCUT2D eigenvalue weighted by Crippen LogP contribution is -2.36. The van der Waals surface area contributed by atoms with Gasteiger partial charge in [-0.2, -0.15) is 0 Å². The Morgan fingerprint density at radius 2 is 1.82 bits per heavy atom. The molecule has 0 aliphatic carbocycles. The summed E-state index contributed by atoms with van der Waals surface area (Å²) in [6, 6.07) is 18.6. The van der Waals surface area contributed by atoms with Crippen LogP contribution in [0.3, 0.4) is 0 Å². The van der Waals surface area contributed by atoms with Gasteiger partial charge >= 0.3 is 0 Å². The molecule has 0 radical (unpaired) electrons. The van der Waals surface area contributed by atoms with E-state index in [0.717, 1.165) is 11.1 Å². The number of likely N-dealkylation sites (N-methyl/N-ethyl adjacent to an activating group) is 1. The highest BCUT2D eigenvalue weighted by Gasteiger charge is 2.15. The second kappa shape index (κ2) is 8.99. The second-order valence-electron chi connectivity index (χ2n) is 6.33. The molecule has 28 heavy (non-hydrogen) atoms. The van der Waals surface area contributed by atoms with Gasteiger partial charge < -0.3 is 9.64 Å². The average molecular weight is 377 g/mol. The number of rotatable bonds is 7. The zero-order valence-electron chi connectivity index (χ0n) is 16.0. The number of nitrogens with zero attached hydrogens (tertiary/aromatic N) is 3. The Bertz CT molecular complexity index is 999. The molecule has 0 saturated heterocycles. The van der Waals surface area contributed by atoms with Gasteiger partial charge in [0.25, 0.3) is 5.56 Å². The molecular formula is C22H23N3O3. The molecule has 3 rings (SSSR count). The van der Waals surface area contributed by atoms with Crippen LogP contribution in [-0.4, -0.2) is 34.0 Å². The zero-order valence-corrected chi connectivity index (χ0v) is 16.0. The van der Waals surface area contributed by atoms with E-state index in [1.54, 1.807) is 12.0 Å². The molecule has 0 bridgehead atoms. The first kappa shape index (κ1) is 19.4. The van der Waals surface area contributed by atoms with Crippen molar-refractivity contribution in [3.8, 4) is 17.0 Å². The van der Waals surface area contributed by atoms with Gasteiger partial charge in [0.2, 0.25) is 5.91 Å². The maximum absolute atomic E-state index is 12.7. The summed E-state index contributed by atoms with van der Waals surface area (Å²) in [5.74, 6) is 0.517. The summed E-state index contributed by atoms with van der Waals surface area (Å²) in [5, 5.41) is 0. The number of para-hydroxylation sites is 1. The fourth-order valence-corrected chi connectivity index (χ4v) is 2.97. The molecule has 0 saturated carbocycles. The first-order valence-electron chi connectivity index (χ1n) is 9.14. The normalized spacial score (nSPS) is 10.5. The Hall–Kier alpha value is -3.41. The third-order valence-corrected chi connectivity index (χ3v) is 4.52. The van der Waals surface area contributed by atoms with Crippen molar-refractivity contribution in [1.82, 2.24) is 14.5 Å². The molecule has 0 fully saturated rings. The molecule has 144 valence electrons. The van der Waals surface area contributed by atoms with Crippen LogP contribution >= 0.6 is 0 Å². The van der Waals surface area contributed by atoms with Crippen LogP contribution in [0.15, 0.2) is 71.8 Å². The van der Waals surface area contributed by atoms with Crippen molar-refractivity contribution in [2.75, 3.05) is 13.7 Å². The molecule has 1 amide bonds. The monoisotopic (exact) mass is 377 g/mol. The Balaban J connectivity index is 1.77. The Morgan fingerprint density at radius 1 is 1.11 bits per heavy atom. The van der Waals surface area contributed by atoms with Gasteiger partial charge in [-0.3, -0.25) is 14.2 Å². The largest absolute Gasteiger partial charge is 0.496 e. The number of ether oxygens (including phenoxy) is 1. The third kappa shape index (κ3) is 4.46. The topological polar surface area (TPSA) is 64.4 Å². The lowest BCUT2D eigenvalue weighted by atomic mass is 10.1. The second-order valence-corrected chi connectivity index (χ2v) is 6.33. The van der Waals surface area contributed by atoms with Gasteiger partial charge in [-0.1, -0.05) is 42.5 Å². The number of hydrogen-bond donors (Lipinski definition) is 0. The van der Waals surface area contributed by atoms with E-state index in [4.69, 9.17) is 4.74 Å². The Labute approximate surface area is 164 Å². The molecule has 3 aromatic rings. The van der Waals surface area contributed by atoms with Crippen LogP contribution in [0.5, 0.6) is 5.75 Å². The van der Waals surface area contributed by atoms with E-state index in [1.807, 2.05) is 61.5 Å². The highest BCUT2D eigenvalue weighted by molar-refractivity contribution is 5.76. The standard InChI is InChI=1S/C22H23N3O3/c1-3-24(14-17-9-5-4-6-10-17)22(27)15-25-16-23-19(13-21(25)26)18-11-7-8-12-20(18)28-2/h4-13,16H,3,14-15H2,1-2H3. The van der Waals surface area contributed by atoms with Crippen molar-refractivity contribution in [2.45, 2.75) is 20.0 Å². The fraction of sp³-hybridized carbons (Fsp3) is 0.227. The summed E-state index contributed by atoms with van der Waals surface area (Å²) >= 11 is 0. The van der Waals surface area contributed by atoms with Crippen molar-refractivity contribution in [3.05, 3.63) is 82.9 Å². The van der Waals surface area contributed by atoms with Crippen molar-refractivity contribution >= 4 is 5.91 Å². The van der Waals surface area contributed by atoms with Crippen molar-refractivity contribution in [2.24, 2.45) is 0 Å². The number of carbonyl (C=O) groups is 1. The number of hydrogen-bond acceptors (Lipinski definition) is 4. The lowest BCUT2D eigenvalue weighted by molar-refractivity contribution is -0.132. The van der Waals surface area contributed by atoms with Crippen LogP contribution < -0.4 is 10.3 Å². The van der Waals surface area contributed by atoms with E-state index in [2.05, 4.69) is 4.98 Å². The van der Waals surface area contributed by atoms with Gasteiger partial charge in [0.1, 0.15) is 12.3 Å². The highest BCUT2D eigenvalue weighted by atomic mass is 16.5. The smallest absolute Gasteiger partial charge is 0.254 e. The SMILES string of the molecule is CCN(Cc1ccccc1)C(=O)Cn1cnc(-c2ccccc2OC)cc1=O. The fourth-order valence-electron chi connectivity index (χ4n) is 2.97. The summed E-state index contributed by atoms with van der Waals surface area (Å²) in [6.07, 6.45) is 1.42. The van der Waals surface area contributed by atoms with E-state index in [9.17, 15) is 9.59 Å². The van der Waals surface area contributed by atoms with Crippen molar-refractivity contribution in [3.63, 3.8) is 0 Å². The van der Waals surface area contributed by atoms with Gasteiger partial charge in [0, 0.05) is 24.7 Å². The highest BCUT2D eigenvalue weighted by Crippen LogP contribution is 2.26. The molecule has 0 N–H and O–H groups in total. The first-order chi connectivity index (χ1) is 13.6. The van der Waals surface area contributed by atoms with Gasteiger partial charge in [0.05, 0.1) is 19.1 Å². The third-order valence-electron chi connectivity index (χ3n) is 4.52. The van der Waals surface area contributed by atoms with Crippen LogP contribution in [0.1, 0.15) is 12.5 Å². The van der Waals surface area contributed by atoms with Crippen molar-refractivity contribution in [1.29, 1.82) is 0 Å². The van der Waals surface area contributed by atoms with E-state index >= 15 is 0 Å². The molecular weight excluding hydrogens is 354 g/mol. The van der Waals surface area contributed by atoms with Crippen LogP contribution in [0.25, 0.3) is 11.3 Å². The van der Waals surface area contributed by atoms with Crippen LogP contribution in [0, 0.1) is 0 Å². The quantitative estimate of drug-likeness (QED) is 0.635. The van der Waals surface area contributed by atoms with Gasteiger partial charge in [-0.25, -0.2) is 4.98 Å². The molecule has 1 aromatic heterocycles. The van der Waals surface area contributed by atoms with E-state index in [1.165, 1.54) is 17.0 Å². The molecule has 0 atom stereocenters. The summed E-state index contributed by atoms with van der Waals surface area (Å²) in [7, 11) is 1.57. The maximum Gasteiger partial charge on any atom is 0.254 e. The average Bonchev–Trinajstić information content (AvgIpc) is 2.74. The van der Waals surface area contributed by atoms with E-state index < -0.39 is 0 Å². The minimum absolute atomic E-state index is 0.0429. The number of benzene rings is 2. The minimum Gasteiger partial charge on any atom is -0.496 e. The van der Waals surface area contributed by atoms with Gasteiger partial charge in [-0.15, -0.1) is 0 Å². The number of aromatic nitrogens is 2. The van der Waals surface area contributed by atoms with Crippen LogP contribution in [-0.2, 0) is 17.9 Å². The van der Waals surface area contributed by atoms with Gasteiger partial charge in [-0.05, 0) is 24.6 Å². The first-order valence-corrected chi connectivity index (χ1v) is 9.14. The summed E-state index contributed by atoms with van der Waals surface area (Å²) in [4.78, 5) is 31.3. The van der Waals surface area contributed by atoms with Crippen LogP contribution in [0.4, 0.5) is 0 Å². The van der Waals surface area contributed by atoms with E-state index in [0.29, 0.717) is 24.5 Å². The zero-order chi connectivity index (χ0) is 19.9. The number of amides is 1. The molecule has 0 unspecified atom stereocenters.